The number of ether oxygens (including phenoxy) is 1. The first-order chi connectivity index (χ1) is 7.85. The van der Waals surface area contributed by atoms with Gasteiger partial charge in [-0.3, -0.25) is 4.90 Å². The number of nitrogens with zero attached hydrogens (tertiary/aromatic N) is 1. The highest BCUT2D eigenvalue weighted by Gasteiger charge is 2.07. The average Bonchev–Trinajstić information content (AvgIpc) is 2.35. The number of hydrogen-bond donors (Lipinski definition) is 1. The second-order valence-corrected chi connectivity index (χ2v) is 3.56. The first-order valence-corrected chi connectivity index (χ1v) is 6.79. The van der Waals surface area contributed by atoms with Gasteiger partial charge in [-0.1, -0.05) is 27.7 Å². The molecule has 3 nitrogen and oxygen atoms in total. The molecule has 0 aliphatic carbocycles. The molecule has 3 heteroatoms. The molecule has 1 aliphatic rings. The lowest BCUT2D eigenvalue weighted by molar-refractivity contribution is 0.0380. The molecular weight excluding hydrogens is 200 g/mol. The summed E-state index contributed by atoms with van der Waals surface area (Å²) in [5.41, 5.74) is 0. The lowest BCUT2D eigenvalue weighted by atomic mass is 10.4. The molecule has 0 unspecified atom stereocenters. The molecule has 0 atom stereocenters. The Labute approximate surface area is 104 Å². The van der Waals surface area contributed by atoms with Gasteiger partial charge in [0.1, 0.15) is 0 Å². The zero-order chi connectivity index (χ0) is 12.6. The zero-order valence-corrected chi connectivity index (χ0v) is 12.0. The van der Waals surface area contributed by atoms with E-state index in [1.807, 2.05) is 20.9 Å². The Balaban J connectivity index is -0.000000213. The minimum absolute atomic E-state index is 0. The molecule has 0 saturated carbocycles. The minimum Gasteiger partial charge on any atom is -0.379 e. The molecule has 1 saturated heterocycles. The van der Waals surface area contributed by atoms with Gasteiger partial charge in [-0.2, -0.15) is 0 Å². The van der Waals surface area contributed by atoms with Crippen LogP contribution < -0.4 is 5.32 Å². The Kier molecular flexibility index (Phi) is 19.7. The third-order valence-electron chi connectivity index (χ3n) is 2.14. The van der Waals surface area contributed by atoms with Crippen molar-refractivity contribution < 1.29 is 6.16 Å². The summed E-state index contributed by atoms with van der Waals surface area (Å²) in [6, 6.07) is 0. The molecule has 0 aromatic rings. The molecule has 1 N–H and O–H groups in total. The standard InChI is InChI=1S/C7H15NO.C4H11N.C2H6.H2/c1-2-3-8-4-6-9-7-5-8;1-3-4-5-2;1-2;/h2-7H2,1H3;5H,3-4H2,1-2H3;1-2H3;1H. The van der Waals surface area contributed by atoms with Crippen LogP contribution in [0.25, 0.3) is 0 Å². The molecule has 0 aromatic carbocycles. The van der Waals surface area contributed by atoms with Gasteiger partial charge in [0.05, 0.1) is 13.2 Å². The molecule has 102 valence electrons. The van der Waals surface area contributed by atoms with Crippen LogP contribution in [0.1, 0.15) is 42.0 Å². The van der Waals surface area contributed by atoms with E-state index in [1.54, 1.807) is 0 Å². The van der Waals surface area contributed by atoms with Crippen LogP contribution >= 0.6 is 0 Å². The van der Waals surface area contributed by atoms with Crippen LogP contribution in [0, 0.1) is 0 Å². The van der Waals surface area contributed by atoms with E-state index in [0.29, 0.717) is 0 Å². The average molecular weight is 234 g/mol. The molecule has 0 bridgehead atoms. The molecule has 0 radical (unpaired) electrons. The van der Waals surface area contributed by atoms with E-state index >= 15 is 0 Å². The van der Waals surface area contributed by atoms with Crippen LogP contribution in [0.3, 0.4) is 0 Å². The maximum Gasteiger partial charge on any atom is 0.0594 e. The van der Waals surface area contributed by atoms with E-state index in [1.165, 1.54) is 19.4 Å². The second-order valence-electron chi connectivity index (χ2n) is 3.56. The van der Waals surface area contributed by atoms with Crippen molar-refractivity contribution in [2.45, 2.75) is 40.5 Å². The van der Waals surface area contributed by atoms with E-state index in [0.717, 1.165) is 32.8 Å². The first kappa shape index (κ1) is 18.3. The van der Waals surface area contributed by atoms with Crippen LogP contribution in [0.15, 0.2) is 0 Å². The molecule has 1 fully saturated rings. The van der Waals surface area contributed by atoms with Crippen molar-refractivity contribution in [3.05, 3.63) is 0 Å². The van der Waals surface area contributed by atoms with E-state index in [2.05, 4.69) is 24.1 Å². The van der Waals surface area contributed by atoms with Crippen molar-refractivity contribution >= 4 is 0 Å². The van der Waals surface area contributed by atoms with E-state index in [4.69, 9.17) is 4.74 Å². The number of morpholine rings is 1. The van der Waals surface area contributed by atoms with Crippen molar-refractivity contribution in [1.82, 2.24) is 10.2 Å². The van der Waals surface area contributed by atoms with E-state index < -0.39 is 0 Å². The Morgan fingerprint density at radius 2 is 1.69 bits per heavy atom. The summed E-state index contributed by atoms with van der Waals surface area (Å²) < 4.78 is 5.20. The van der Waals surface area contributed by atoms with Crippen LogP contribution in [-0.2, 0) is 4.74 Å². The van der Waals surface area contributed by atoms with Crippen molar-refractivity contribution in [1.29, 1.82) is 0 Å². The Morgan fingerprint density at radius 1 is 1.12 bits per heavy atom. The predicted molar refractivity (Wildman–Crippen MR) is 75.2 cm³/mol. The fraction of sp³-hybridized carbons (Fsp3) is 1.00. The van der Waals surface area contributed by atoms with Crippen molar-refractivity contribution in [2.75, 3.05) is 46.4 Å². The summed E-state index contributed by atoms with van der Waals surface area (Å²) in [5, 5.41) is 3.02. The van der Waals surface area contributed by atoms with Gasteiger partial charge in [-0.05, 0) is 33.0 Å². The van der Waals surface area contributed by atoms with Crippen LogP contribution in [0.2, 0.25) is 0 Å². The monoisotopic (exact) mass is 234 g/mol. The quantitative estimate of drug-likeness (QED) is 0.809. The normalized spacial score (nSPS) is 15.6. The third kappa shape index (κ3) is 13.9. The summed E-state index contributed by atoms with van der Waals surface area (Å²) in [5.74, 6) is 0. The van der Waals surface area contributed by atoms with Crippen molar-refractivity contribution in [3.8, 4) is 0 Å². The summed E-state index contributed by atoms with van der Waals surface area (Å²) in [4.78, 5) is 2.45. The topological polar surface area (TPSA) is 24.5 Å². The minimum atomic E-state index is 0. The Bertz CT molecular complexity index is 105. The van der Waals surface area contributed by atoms with Crippen molar-refractivity contribution in [3.63, 3.8) is 0 Å². The number of rotatable bonds is 4. The van der Waals surface area contributed by atoms with E-state index in [9.17, 15) is 0 Å². The summed E-state index contributed by atoms with van der Waals surface area (Å²) >= 11 is 0. The van der Waals surface area contributed by atoms with Gasteiger partial charge < -0.3 is 10.1 Å². The molecule has 0 aromatic heterocycles. The van der Waals surface area contributed by atoms with Crippen LogP contribution in [0.4, 0.5) is 0 Å². The predicted octanol–water partition coefficient (Wildman–Crippen LogP) is 2.62. The molecule has 1 rings (SSSR count). The van der Waals surface area contributed by atoms with Gasteiger partial charge >= 0.3 is 0 Å². The van der Waals surface area contributed by atoms with Crippen LogP contribution in [-0.4, -0.2) is 51.3 Å². The lowest BCUT2D eigenvalue weighted by Gasteiger charge is -2.25. The van der Waals surface area contributed by atoms with Crippen molar-refractivity contribution in [2.24, 2.45) is 0 Å². The molecule has 16 heavy (non-hydrogen) atoms. The van der Waals surface area contributed by atoms with Crippen LogP contribution in [0.5, 0.6) is 0 Å². The fourth-order valence-corrected chi connectivity index (χ4v) is 1.39. The lowest BCUT2D eigenvalue weighted by Crippen LogP contribution is -2.36. The summed E-state index contributed by atoms with van der Waals surface area (Å²) in [6.45, 7) is 14.9. The Morgan fingerprint density at radius 3 is 2.00 bits per heavy atom. The molecular formula is C13H34N2O. The largest absolute Gasteiger partial charge is 0.379 e. The van der Waals surface area contributed by atoms with Gasteiger partial charge in [-0.25, -0.2) is 0 Å². The molecule has 1 aliphatic heterocycles. The smallest absolute Gasteiger partial charge is 0.0594 e. The number of hydrogen-bond acceptors (Lipinski definition) is 3. The van der Waals surface area contributed by atoms with Gasteiger partial charge in [0, 0.05) is 14.5 Å². The number of nitrogens with one attached hydrogen (secondary N) is 1. The third-order valence-corrected chi connectivity index (χ3v) is 2.14. The highest BCUT2D eigenvalue weighted by molar-refractivity contribution is 4.59. The van der Waals surface area contributed by atoms with Gasteiger partial charge in [0.25, 0.3) is 0 Å². The maximum atomic E-state index is 5.20. The first-order valence-electron chi connectivity index (χ1n) is 6.79. The summed E-state index contributed by atoms with van der Waals surface area (Å²) in [6.07, 6.45) is 2.50. The highest BCUT2D eigenvalue weighted by atomic mass is 16.5. The second kappa shape index (κ2) is 17.3. The van der Waals surface area contributed by atoms with Gasteiger partial charge in [0.15, 0.2) is 0 Å². The molecule has 0 spiro atoms. The highest BCUT2D eigenvalue weighted by Crippen LogP contribution is 1.96. The van der Waals surface area contributed by atoms with E-state index in [-0.39, 0.29) is 1.43 Å². The fourth-order valence-electron chi connectivity index (χ4n) is 1.39. The SMILES string of the molecule is CC.CCCN1CCOCC1.CCCNC.[HH]. The molecule has 1 heterocycles. The Hall–Kier alpha value is -0.120. The van der Waals surface area contributed by atoms with Gasteiger partial charge in [0.2, 0.25) is 0 Å². The van der Waals surface area contributed by atoms with Gasteiger partial charge in [-0.15, -0.1) is 0 Å². The maximum absolute atomic E-state index is 5.20. The summed E-state index contributed by atoms with van der Waals surface area (Å²) in [7, 11) is 1.96. The zero-order valence-electron chi connectivity index (χ0n) is 12.0. The molecule has 0 amide bonds.